The Bertz CT molecular complexity index is 427. The van der Waals surface area contributed by atoms with Crippen molar-refractivity contribution in [2.75, 3.05) is 20.3 Å². The van der Waals surface area contributed by atoms with Crippen LogP contribution in [0, 0.1) is 5.92 Å². The van der Waals surface area contributed by atoms with Gasteiger partial charge < -0.3 is 9.47 Å². The molecule has 1 atom stereocenters. The van der Waals surface area contributed by atoms with E-state index in [0.29, 0.717) is 26.1 Å². The highest BCUT2D eigenvalue weighted by atomic mass is 32.2. The predicted octanol–water partition coefficient (Wildman–Crippen LogP) is 1.21. The summed E-state index contributed by atoms with van der Waals surface area (Å²) in [6, 6.07) is 0. The molecule has 1 aliphatic rings. The van der Waals surface area contributed by atoms with E-state index in [1.165, 1.54) is 0 Å². The molecule has 1 rings (SSSR count). The number of halogens is 3. The van der Waals surface area contributed by atoms with Gasteiger partial charge >= 0.3 is 21.6 Å². The van der Waals surface area contributed by atoms with Crippen molar-refractivity contribution in [1.82, 2.24) is 0 Å². The van der Waals surface area contributed by atoms with Gasteiger partial charge in [-0.1, -0.05) is 0 Å². The lowest BCUT2D eigenvalue weighted by atomic mass is 9.94. The summed E-state index contributed by atoms with van der Waals surface area (Å²) in [6.07, 6.45) is -0.924. The maximum atomic E-state index is 12.3. The number of carbonyl (C=O) groups excluding carboxylic acids is 1. The quantitative estimate of drug-likeness (QED) is 0.430. The van der Waals surface area contributed by atoms with Crippen LogP contribution in [-0.2, 0) is 28.6 Å². The molecule has 6 nitrogen and oxygen atoms in total. The molecule has 0 saturated carbocycles. The fraction of sp³-hybridized carbons (Fsp3) is 0.900. The Balaban J connectivity index is 2.77. The summed E-state index contributed by atoms with van der Waals surface area (Å²) < 4.78 is 72.0. The molecule has 0 aromatic heterocycles. The minimum atomic E-state index is -5.83. The van der Waals surface area contributed by atoms with Crippen molar-refractivity contribution in [3.05, 3.63) is 0 Å². The number of esters is 1. The van der Waals surface area contributed by atoms with Crippen LogP contribution in [0.1, 0.15) is 19.3 Å². The van der Waals surface area contributed by atoms with Crippen molar-refractivity contribution in [3.8, 4) is 0 Å². The van der Waals surface area contributed by atoms with Crippen LogP contribution in [-0.4, -0.2) is 46.3 Å². The van der Waals surface area contributed by atoms with Crippen LogP contribution < -0.4 is 0 Å². The van der Waals surface area contributed by atoms with Crippen LogP contribution in [0.2, 0.25) is 0 Å². The van der Waals surface area contributed by atoms with Gasteiger partial charge in [0.25, 0.3) is 0 Å². The first-order valence-electron chi connectivity index (χ1n) is 5.82. The van der Waals surface area contributed by atoms with Crippen molar-refractivity contribution >= 4 is 16.1 Å². The van der Waals surface area contributed by atoms with Crippen molar-refractivity contribution in [2.45, 2.75) is 30.9 Å². The second-order valence-electron chi connectivity index (χ2n) is 4.30. The largest absolute Gasteiger partial charge is 0.523 e. The highest BCUT2D eigenvalue weighted by Gasteiger charge is 2.49. The van der Waals surface area contributed by atoms with E-state index < -0.39 is 27.7 Å². The fourth-order valence-corrected chi connectivity index (χ4v) is 2.37. The molecule has 20 heavy (non-hydrogen) atoms. The van der Waals surface area contributed by atoms with Gasteiger partial charge in [0.1, 0.15) is 0 Å². The molecule has 0 aromatic rings. The van der Waals surface area contributed by atoms with Crippen molar-refractivity contribution in [3.63, 3.8) is 0 Å². The van der Waals surface area contributed by atoms with Crippen molar-refractivity contribution < 1.29 is 40.0 Å². The molecule has 0 unspecified atom stereocenters. The molecule has 0 N–H and O–H groups in total. The molecule has 0 spiro atoms. The monoisotopic (exact) mass is 320 g/mol. The van der Waals surface area contributed by atoms with Crippen molar-refractivity contribution in [2.24, 2.45) is 5.92 Å². The smallest absolute Gasteiger partial charge is 0.467 e. The highest BCUT2D eigenvalue weighted by Crippen LogP contribution is 2.29. The van der Waals surface area contributed by atoms with Gasteiger partial charge in [-0.2, -0.15) is 21.6 Å². The summed E-state index contributed by atoms with van der Waals surface area (Å²) in [5.74, 6) is -1.30. The molecule has 118 valence electrons. The Labute approximate surface area is 114 Å². The average molecular weight is 320 g/mol. The SMILES string of the molecule is COC(=O)[C@H](CC1CCOCC1)OS(=O)(=O)C(F)(F)F. The number of rotatable bonds is 5. The van der Waals surface area contributed by atoms with Crippen LogP contribution in [0.25, 0.3) is 0 Å². The summed E-state index contributed by atoms with van der Waals surface area (Å²) in [5.41, 5.74) is -5.57. The zero-order valence-electron chi connectivity index (χ0n) is 10.7. The van der Waals surface area contributed by atoms with E-state index in [0.717, 1.165) is 7.11 Å². The molecule has 0 aromatic carbocycles. The molecule has 0 bridgehead atoms. The topological polar surface area (TPSA) is 78.9 Å². The average Bonchev–Trinajstić information content (AvgIpc) is 2.36. The molecule has 0 radical (unpaired) electrons. The summed E-state index contributed by atoms with van der Waals surface area (Å²) in [6.45, 7) is 0.815. The van der Waals surface area contributed by atoms with Crippen LogP contribution in [0.5, 0.6) is 0 Å². The minimum Gasteiger partial charge on any atom is -0.467 e. The third-order valence-electron chi connectivity index (χ3n) is 2.88. The van der Waals surface area contributed by atoms with Crippen LogP contribution >= 0.6 is 0 Å². The van der Waals surface area contributed by atoms with E-state index in [9.17, 15) is 26.4 Å². The fourth-order valence-electron chi connectivity index (χ4n) is 1.80. The first-order chi connectivity index (χ1) is 9.17. The number of alkyl halides is 3. The van der Waals surface area contributed by atoms with Crippen LogP contribution in [0.4, 0.5) is 13.2 Å². The lowest BCUT2D eigenvalue weighted by molar-refractivity contribution is -0.150. The number of hydrogen-bond donors (Lipinski definition) is 0. The van der Waals surface area contributed by atoms with Gasteiger partial charge in [0.05, 0.1) is 7.11 Å². The molecule has 1 fully saturated rings. The maximum Gasteiger partial charge on any atom is 0.523 e. The van der Waals surface area contributed by atoms with E-state index in [1.807, 2.05) is 0 Å². The summed E-state index contributed by atoms with van der Waals surface area (Å²) in [5, 5.41) is 0. The second kappa shape index (κ2) is 6.72. The van der Waals surface area contributed by atoms with Gasteiger partial charge in [0, 0.05) is 13.2 Å². The predicted molar refractivity (Wildman–Crippen MR) is 60.0 cm³/mol. The van der Waals surface area contributed by atoms with E-state index >= 15 is 0 Å². The number of ether oxygens (including phenoxy) is 2. The molecule has 10 heteroatoms. The highest BCUT2D eigenvalue weighted by molar-refractivity contribution is 7.87. The van der Waals surface area contributed by atoms with Crippen molar-refractivity contribution in [1.29, 1.82) is 0 Å². The Kier molecular flexibility index (Phi) is 5.78. The number of hydrogen-bond acceptors (Lipinski definition) is 6. The third kappa shape index (κ3) is 4.60. The van der Waals surface area contributed by atoms with E-state index in [-0.39, 0.29) is 12.3 Å². The first kappa shape index (κ1) is 17.2. The normalized spacial score (nSPS) is 19.6. The Morgan fingerprint density at radius 2 is 1.90 bits per heavy atom. The van der Waals surface area contributed by atoms with Gasteiger partial charge in [0.2, 0.25) is 0 Å². The van der Waals surface area contributed by atoms with Gasteiger partial charge in [0.15, 0.2) is 6.10 Å². The first-order valence-corrected chi connectivity index (χ1v) is 7.23. The minimum absolute atomic E-state index is 0.156. The number of methoxy groups -OCH3 is 1. The maximum absolute atomic E-state index is 12.3. The Morgan fingerprint density at radius 3 is 2.35 bits per heavy atom. The molecule has 1 heterocycles. The number of carbonyl (C=O) groups is 1. The Hall–Kier alpha value is -0.870. The molecule has 1 aliphatic heterocycles. The molecule has 0 amide bonds. The van der Waals surface area contributed by atoms with Gasteiger partial charge in [-0.05, 0) is 25.2 Å². The zero-order valence-corrected chi connectivity index (χ0v) is 11.5. The van der Waals surface area contributed by atoms with E-state index in [4.69, 9.17) is 4.74 Å². The lowest BCUT2D eigenvalue weighted by Crippen LogP contribution is -2.36. The molecule has 1 saturated heterocycles. The molecule has 0 aliphatic carbocycles. The third-order valence-corrected chi connectivity index (χ3v) is 3.93. The summed E-state index contributed by atoms with van der Waals surface area (Å²) in [7, 11) is -4.89. The van der Waals surface area contributed by atoms with Crippen LogP contribution in [0.3, 0.4) is 0 Å². The lowest BCUT2D eigenvalue weighted by Gasteiger charge is -2.25. The van der Waals surface area contributed by atoms with Gasteiger partial charge in [-0.15, -0.1) is 0 Å². The van der Waals surface area contributed by atoms with Gasteiger partial charge in [-0.25, -0.2) is 8.98 Å². The summed E-state index contributed by atoms with van der Waals surface area (Å²) in [4.78, 5) is 11.4. The van der Waals surface area contributed by atoms with Crippen LogP contribution in [0.15, 0.2) is 0 Å². The second-order valence-corrected chi connectivity index (χ2v) is 5.86. The van der Waals surface area contributed by atoms with E-state index in [1.54, 1.807) is 0 Å². The van der Waals surface area contributed by atoms with E-state index in [2.05, 4.69) is 8.92 Å². The summed E-state index contributed by atoms with van der Waals surface area (Å²) >= 11 is 0. The molecular formula is C10H15F3O6S. The molecular weight excluding hydrogens is 305 g/mol. The zero-order chi connectivity index (χ0) is 15.4. The standard InChI is InChI=1S/C10H15F3O6S/c1-17-9(14)8(6-7-2-4-18-5-3-7)19-20(15,16)10(11,12)13/h7-8H,2-6H2,1H3/t8-/m0/s1. The van der Waals surface area contributed by atoms with Gasteiger partial charge in [-0.3, -0.25) is 0 Å². The Morgan fingerprint density at radius 1 is 1.35 bits per heavy atom.